The minimum absolute atomic E-state index is 0. The molecular formula is C19H26ClN3O2. The number of carbonyl (C=O) groups is 2. The molecule has 4 rings (SSSR count). The number of nitrogens with one attached hydrogen (secondary N) is 3. The molecule has 5 nitrogen and oxygen atoms in total. The van der Waals surface area contributed by atoms with E-state index in [-0.39, 0.29) is 24.2 Å². The van der Waals surface area contributed by atoms with Crippen molar-refractivity contribution < 1.29 is 9.59 Å². The summed E-state index contributed by atoms with van der Waals surface area (Å²) < 4.78 is 0. The van der Waals surface area contributed by atoms with E-state index in [1.807, 2.05) is 12.1 Å². The third-order valence-electron chi connectivity index (χ3n) is 5.39. The molecule has 136 valence electrons. The average Bonchev–Trinajstić information content (AvgIpc) is 3.31. The molecule has 25 heavy (non-hydrogen) atoms. The molecule has 0 spiro atoms. The highest BCUT2D eigenvalue weighted by Gasteiger charge is 2.34. The number of fused-ring (bicyclic) bond motifs is 2. The van der Waals surface area contributed by atoms with Crippen molar-refractivity contribution in [3.8, 4) is 0 Å². The second-order valence-electron chi connectivity index (χ2n) is 7.55. The fraction of sp³-hybridized carbons (Fsp3) is 0.579. The van der Waals surface area contributed by atoms with Crippen LogP contribution in [-0.4, -0.2) is 29.9 Å². The smallest absolute Gasteiger partial charge is 0.251 e. The maximum atomic E-state index is 12.3. The normalized spacial score (nSPS) is 27.3. The van der Waals surface area contributed by atoms with Crippen molar-refractivity contribution in [2.45, 2.75) is 63.1 Å². The molecule has 1 aromatic carbocycles. The van der Waals surface area contributed by atoms with E-state index in [0.29, 0.717) is 36.0 Å². The lowest BCUT2D eigenvalue weighted by molar-refractivity contribution is -0.117. The number of rotatable bonds is 5. The van der Waals surface area contributed by atoms with E-state index in [2.05, 4.69) is 16.0 Å². The monoisotopic (exact) mass is 363 g/mol. The van der Waals surface area contributed by atoms with Gasteiger partial charge in [0, 0.05) is 35.8 Å². The Kier molecular flexibility index (Phi) is 5.64. The predicted octanol–water partition coefficient (Wildman–Crippen LogP) is 2.86. The molecule has 2 heterocycles. The van der Waals surface area contributed by atoms with Gasteiger partial charge in [-0.1, -0.05) is 0 Å². The quantitative estimate of drug-likeness (QED) is 0.753. The Morgan fingerprint density at radius 3 is 2.24 bits per heavy atom. The third kappa shape index (κ3) is 4.73. The average molecular weight is 364 g/mol. The number of amides is 2. The highest BCUT2D eigenvalue weighted by atomic mass is 35.5. The minimum atomic E-state index is -0.0273. The van der Waals surface area contributed by atoms with Crippen LogP contribution < -0.4 is 16.0 Å². The summed E-state index contributed by atoms with van der Waals surface area (Å²) in [6.45, 7) is 0. The lowest BCUT2D eigenvalue weighted by atomic mass is 9.89. The lowest BCUT2D eigenvalue weighted by Crippen LogP contribution is -2.39. The third-order valence-corrected chi connectivity index (χ3v) is 5.39. The molecule has 1 aliphatic carbocycles. The van der Waals surface area contributed by atoms with Gasteiger partial charge in [0.1, 0.15) is 0 Å². The number of hydrogen-bond donors (Lipinski definition) is 3. The Labute approximate surface area is 154 Å². The van der Waals surface area contributed by atoms with Crippen LogP contribution in [0.3, 0.4) is 0 Å². The van der Waals surface area contributed by atoms with Gasteiger partial charge in [-0.25, -0.2) is 0 Å². The van der Waals surface area contributed by atoms with Gasteiger partial charge in [0.15, 0.2) is 0 Å². The standard InChI is InChI=1S/C19H25N3O2.ClH/c23-18(11-12-9-16-7-8-17(10-12)20-16)21-14-3-1-13(2-4-14)19(24)22-15-5-6-15;/h1-4,12,15-17,20H,5-11H2,(H,21,23)(H,22,24);1H. The highest BCUT2D eigenvalue weighted by Crippen LogP contribution is 2.32. The zero-order valence-corrected chi connectivity index (χ0v) is 15.1. The molecule has 0 aromatic heterocycles. The van der Waals surface area contributed by atoms with Gasteiger partial charge in [0.05, 0.1) is 0 Å². The summed E-state index contributed by atoms with van der Waals surface area (Å²) in [5.41, 5.74) is 1.41. The molecule has 2 saturated heterocycles. The molecule has 2 unspecified atom stereocenters. The summed E-state index contributed by atoms with van der Waals surface area (Å²) in [6, 6.07) is 8.77. The van der Waals surface area contributed by atoms with Crippen LogP contribution in [0.5, 0.6) is 0 Å². The number of carbonyl (C=O) groups excluding carboxylic acids is 2. The van der Waals surface area contributed by atoms with Crippen LogP contribution in [0, 0.1) is 5.92 Å². The first kappa shape index (κ1) is 18.2. The fourth-order valence-electron chi connectivity index (χ4n) is 4.02. The van der Waals surface area contributed by atoms with Crippen LogP contribution in [0.4, 0.5) is 5.69 Å². The number of anilines is 1. The van der Waals surface area contributed by atoms with Gasteiger partial charge in [-0.3, -0.25) is 9.59 Å². The molecule has 1 aromatic rings. The summed E-state index contributed by atoms with van der Waals surface area (Å²) in [6.07, 6.45) is 7.50. The fourth-order valence-corrected chi connectivity index (χ4v) is 4.02. The second-order valence-corrected chi connectivity index (χ2v) is 7.55. The van der Waals surface area contributed by atoms with Crippen molar-refractivity contribution in [3.05, 3.63) is 29.8 Å². The first-order chi connectivity index (χ1) is 11.7. The molecule has 2 amide bonds. The Balaban J connectivity index is 0.00000182. The maximum absolute atomic E-state index is 12.3. The largest absolute Gasteiger partial charge is 0.349 e. The van der Waals surface area contributed by atoms with E-state index in [0.717, 1.165) is 31.4 Å². The SMILES string of the molecule is Cl.O=C(CC1CC2CCC(C1)N2)Nc1ccc(C(=O)NC2CC2)cc1. The highest BCUT2D eigenvalue weighted by molar-refractivity contribution is 5.96. The minimum Gasteiger partial charge on any atom is -0.349 e. The summed E-state index contributed by atoms with van der Waals surface area (Å²) >= 11 is 0. The topological polar surface area (TPSA) is 70.2 Å². The van der Waals surface area contributed by atoms with E-state index < -0.39 is 0 Å². The Morgan fingerprint density at radius 2 is 1.64 bits per heavy atom. The molecule has 3 N–H and O–H groups in total. The summed E-state index contributed by atoms with van der Waals surface area (Å²) in [5.74, 6) is 0.546. The van der Waals surface area contributed by atoms with Crippen molar-refractivity contribution in [2.75, 3.05) is 5.32 Å². The summed E-state index contributed by atoms with van der Waals surface area (Å²) in [7, 11) is 0. The second kappa shape index (κ2) is 7.75. The molecule has 2 atom stereocenters. The zero-order valence-electron chi connectivity index (χ0n) is 14.3. The van der Waals surface area contributed by atoms with Crippen LogP contribution in [0.25, 0.3) is 0 Å². The number of hydrogen-bond acceptors (Lipinski definition) is 3. The van der Waals surface area contributed by atoms with Crippen molar-refractivity contribution in [1.82, 2.24) is 10.6 Å². The van der Waals surface area contributed by atoms with Gasteiger partial charge in [-0.05, 0) is 68.7 Å². The molecular weight excluding hydrogens is 338 g/mol. The molecule has 6 heteroatoms. The van der Waals surface area contributed by atoms with Gasteiger partial charge in [-0.15, -0.1) is 12.4 Å². The first-order valence-corrected chi connectivity index (χ1v) is 9.12. The van der Waals surface area contributed by atoms with Crippen LogP contribution >= 0.6 is 12.4 Å². The Hall–Kier alpha value is -1.59. The maximum Gasteiger partial charge on any atom is 0.251 e. The van der Waals surface area contributed by atoms with Crippen LogP contribution in [-0.2, 0) is 4.79 Å². The molecule has 2 bridgehead atoms. The Morgan fingerprint density at radius 1 is 1.00 bits per heavy atom. The first-order valence-electron chi connectivity index (χ1n) is 9.12. The van der Waals surface area contributed by atoms with E-state index in [1.165, 1.54) is 12.8 Å². The van der Waals surface area contributed by atoms with Crippen molar-refractivity contribution in [3.63, 3.8) is 0 Å². The van der Waals surface area contributed by atoms with Crippen molar-refractivity contribution in [2.24, 2.45) is 5.92 Å². The summed E-state index contributed by atoms with van der Waals surface area (Å²) in [4.78, 5) is 24.2. The van der Waals surface area contributed by atoms with E-state index >= 15 is 0 Å². The van der Waals surface area contributed by atoms with E-state index in [1.54, 1.807) is 12.1 Å². The molecule has 1 saturated carbocycles. The van der Waals surface area contributed by atoms with Crippen LogP contribution in [0.15, 0.2) is 24.3 Å². The summed E-state index contributed by atoms with van der Waals surface area (Å²) in [5, 5.41) is 9.54. The molecule has 3 fully saturated rings. The zero-order chi connectivity index (χ0) is 16.5. The van der Waals surface area contributed by atoms with Gasteiger partial charge < -0.3 is 16.0 Å². The predicted molar refractivity (Wildman–Crippen MR) is 100 cm³/mol. The van der Waals surface area contributed by atoms with Gasteiger partial charge in [0.25, 0.3) is 5.91 Å². The van der Waals surface area contributed by atoms with Gasteiger partial charge in [-0.2, -0.15) is 0 Å². The van der Waals surface area contributed by atoms with Crippen LogP contribution in [0.1, 0.15) is 55.3 Å². The van der Waals surface area contributed by atoms with E-state index in [9.17, 15) is 9.59 Å². The number of piperidine rings is 1. The van der Waals surface area contributed by atoms with Crippen LogP contribution in [0.2, 0.25) is 0 Å². The molecule has 0 radical (unpaired) electrons. The van der Waals surface area contributed by atoms with Crippen molar-refractivity contribution >= 4 is 29.9 Å². The number of benzene rings is 1. The molecule has 3 aliphatic rings. The number of halogens is 1. The van der Waals surface area contributed by atoms with E-state index in [4.69, 9.17) is 0 Å². The van der Waals surface area contributed by atoms with Crippen molar-refractivity contribution in [1.29, 1.82) is 0 Å². The Bertz CT molecular complexity index is 618. The van der Waals surface area contributed by atoms with Gasteiger partial charge in [0.2, 0.25) is 5.91 Å². The lowest BCUT2D eigenvalue weighted by Gasteiger charge is -2.28. The van der Waals surface area contributed by atoms with Gasteiger partial charge >= 0.3 is 0 Å². The molecule has 2 aliphatic heterocycles.